The Hall–Kier alpha value is -4.17. The summed E-state index contributed by atoms with van der Waals surface area (Å²) in [5.41, 5.74) is 9.30. The van der Waals surface area contributed by atoms with Crippen LogP contribution in [0.25, 0.3) is 0 Å². The van der Waals surface area contributed by atoms with Crippen molar-refractivity contribution in [1.29, 1.82) is 0 Å². The number of carbonyl (C=O) groups excluding carboxylic acids is 3. The summed E-state index contributed by atoms with van der Waals surface area (Å²) in [6, 6.07) is 26.0. The van der Waals surface area contributed by atoms with Gasteiger partial charge in [0, 0.05) is 18.2 Å². The molecule has 3 unspecified atom stereocenters. The second-order valence-electron chi connectivity index (χ2n) is 11.4. The highest BCUT2D eigenvalue weighted by molar-refractivity contribution is 5.95. The minimum Gasteiger partial charge on any atom is -0.394 e. The third-order valence-electron chi connectivity index (χ3n) is 8.68. The molecule has 4 atom stereocenters. The normalized spacial score (nSPS) is 21.0. The Bertz CT molecular complexity index is 1350. The quantitative estimate of drug-likeness (QED) is 0.341. The van der Waals surface area contributed by atoms with E-state index in [4.69, 9.17) is 5.73 Å². The molecule has 8 heteroatoms. The fourth-order valence-corrected chi connectivity index (χ4v) is 6.42. The third kappa shape index (κ3) is 6.65. The molecule has 4 N–H and O–H groups in total. The number of likely N-dealkylation sites (tertiary alicyclic amines) is 1. The molecule has 4 amide bonds. The first-order chi connectivity index (χ1) is 20.5. The molecule has 3 aromatic rings. The van der Waals surface area contributed by atoms with Crippen LogP contribution in [0.3, 0.4) is 0 Å². The van der Waals surface area contributed by atoms with E-state index in [-0.39, 0.29) is 30.4 Å². The number of para-hydroxylation sites is 1. The molecule has 2 fully saturated rings. The van der Waals surface area contributed by atoms with Crippen LogP contribution in [0.4, 0.5) is 10.5 Å². The van der Waals surface area contributed by atoms with Crippen molar-refractivity contribution in [3.05, 3.63) is 102 Å². The number of aliphatic hydroxyl groups is 1. The van der Waals surface area contributed by atoms with Crippen LogP contribution < -0.4 is 16.0 Å². The number of carbonyl (C=O) groups is 3. The number of nitrogens with two attached hydrogens (primary N) is 1. The van der Waals surface area contributed by atoms with E-state index >= 15 is 0 Å². The number of hydrogen-bond donors (Lipinski definition) is 3. The number of hydrogen-bond acceptors (Lipinski definition) is 4. The Morgan fingerprint density at radius 3 is 2.21 bits per heavy atom. The molecule has 220 valence electrons. The standard InChI is InChI=1S/C34H40N4O4/c35-32(40)31-16-9-21-37(31)34(42)38(27-12-5-2-6-13-27)22-24-17-19-25(20-18-24)28-14-7-8-15-29(28)33(41)36-30(23-39)26-10-3-1-4-11-26/h1-6,10-13,17-20,28-31,39H,7-9,14-16,21-23H2,(H2,35,40)(H,36,41)/t28?,29?,30?,31-/m0/s1. The number of anilines is 1. The van der Waals surface area contributed by atoms with Crippen LogP contribution in [0, 0.1) is 5.92 Å². The highest BCUT2D eigenvalue weighted by Gasteiger charge is 2.36. The molecule has 0 aromatic heterocycles. The zero-order valence-electron chi connectivity index (χ0n) is 23.9. The van der Waals surface area contributed by atoms with Gasteiger partial charge in [-0.25, -0.2) is 4.79 Å². The van der Waals surface area contributed by atoms with E-state index in [1.165, 1.54) is 0 Å². The lowest BCUT2D eigenvalue weighted by Gasteiger charge is -2.33. The van der Waals surface area contributed by atoms with E-state index in [9.17, 15) is 19.5 Å². The van der Waals surface area contributed by atoms with Crippen molar-refractivity contribution in [2.24, 2.45) is 11.7 Å². The number of amides is 4. The van der Waals surface area contributed by atoms with Gasteiger partial charge in [0.15, 0.2) is 0 Å². The van der Waals surface area contributed by atoms with Crippen LogP contribution in [-0.2, 0) is 16.1 Å². The van der Waals surface area contributed by atoms with Gasteiger partial charge in [0.1, 0.15) is 6.04 Å². The van der Waals surface area contributed by atoms with Gasteiger partial charge in [-0.15, -0.1) is 0 Å². The SMILES string of the molecule is NC(=O)[C@@H]1CCCN1C(=O)N(Cc1ccc(C2CCCCC2C(=O)NC(CO)c2ccccc2)cc1)c1ccccc1. The summed E-state index contributed by atoms with van der Waals surface area (Å²) in [4.78, 5) is 42.5. The van der Waals surface area contributed by atoms with Crippen LogP contribution in [0.1, 0.15) is 67.2 Å². The molecule has 1 saturated carbocycles. The maximum absolute atomic E-state index is 13.7. The summed E-state index contributed by atoms with van der Waals surface area (Å²) < 4.78 is 0. The van der Waals surface area contributed by atoms with Crippen molar-refractivity contribution in [3.8, 4) is 0 Å². The first kappa shape index (κ1) is 29.3. The molecular formula is C34H40N4O4. The van der Waals surface area contributed by atoms with Crippen molar-refractivity contribution >= 4 is 23.5 Å². The second-order valence-corrected chi connectivity index (χ2v) is 11.4. The molecule has 1 aliphatic heterocycles. The van der Waals surface area contributed by atoms with Gasteiger partial charge in [0.05, 0.1) is 19.2 Å². The molecule has 1 aliphatic carbocycles. The second kappa shape index (κ2) is 13.7. The van der Waals surface area contributed by atoms with Crippen molar-refractivity contribution < 1.29 is 19.5 Å². The highest BCUT2D eigenvalue weighted by Crippen LogP contribution is 2.38. The maximum atomic E-state index is 13.7. The monoisotopic (exact) mass is 568 g/mol. The smallest absolute Gasteiger partial charge is 0.325 e. The zero-order valence-corrected chi connectivity index (χ0v) is 23.9. The van der Waals surface area contributed by atoms with Gasteiger partial charge in [0.25, 0.3) is 0 Å². The van der Waals surface area contributed by atoms with Gasteiger partial charge in [-0.1, -0.05) is 85.6 Å². The summed E-state index contributed by atoms with van der Waals surface area (Å²) in [5, 5.41) is 13.1. The van der Waals surface area contributed by atoms with Crippen LogP contribution in [0.5, 0.6) is 0 Å². The van der Waals surface area contributed by atoms with Crippen LogP contribution in [0.2, 0.25) is 0 Å². The van der Waals surface area contributed by atoms with Crippen molar-refractivity contribution in [2.45, 2.75) is 63.1 Å². The van der Waals surface area contributed by atoms with E-state index in [0.29, 0.717) is 19.5 Å². The number of nitrogens with zero attached hydrogens (tertiary/aromatic N) is 2. The molecule has 0 radical (unpaired) electrons. The summed E-state index contributed by atoms with van der Waals surface area (Å²) in [6.07, 6.45) is 5.11. The number of rotatable bonds is 9. The first-order valence-corrected chi connectivity index (χ1v) is 14.9. The molecule has 3 aromatic carbocycles. The van der Waals surface area contributed by atoms with E-state index in [2.05, 4.69) is 17.4 Å². The lowest BCUT2D eigenvalue weighted by atomic mass is 9.74. The lowest BCUT2D eigenvalue weighted by molar-refractivity contribution is -0.127. The maximum Gasteiger partial charge on any atom is 0.325 e. The number of aliphatic hydroxyl groups excluding tert-OH is 1. The Morgan fingerprint density at radius 1 is 0.881 bits per heavy atom. The number of benzene rings is 3. The Labute approximate surface area is 247 Å². The summed E-state index contributed by atoms with van der Waals surface area (Å²) in [6.45, 7) is 0.687. The molecule has 1 saturated heterocycles. The molecule has 0 bridgehead atoms. The van der Waals surface area contributed by atoms with Gasteiger partial charge in [-0.2, -0.15) is 0 Å². The largest absolute Gasteiger partial charge is 0.394 e. The minimum absolute atomic E-state index is 0.0258. The molecule has 1 heterocycles. The topological polar surface area (TPSA) is 116 Å². The summed E-state index contributed by atoms with van der Waals surface area (Å²) in [7, 11) is 0. The molecular weight excluding hydrogens is 528 g/mol. The van der Waals surface area contributed by atoms with Crippen LogP contribution >= 0.6 is 0 Å². The van der Waals surface area contributed by atoms with Crippen molar-refractivity contribution in [2.75, 3.05) is 18.1 Å². The third-order valence-corrected chi connectivity index (χ3v) is 8.68. The van der Waals surface area contributed by atoms with E-state index in [0.717, 1.165) is 54.5 Å². The van der Waals surface area contributed by atoms with E-state index < -0.39 is 18.0 Å². The zero-order chi connectivity index (χ0) is 29.5. The fraction of sp³-hybridized carbons (Fsp3) is 0.382. The minimum atomic E-state index is -0.590. The molecule has 2 aliphatic rings. The van der Waals surface area contributed by atoms with Crippen molar-refractivity contribution in [1.82, 2.24) is 10.2 Å². The Morgan fingerprint density at radius 2 is 1.55 bits per heavy atom. The average Bonchev–Trinajstić information content (AvgIpc) is 3.54. The first-order valence-electron chi connectivity index (χ1n) is 14.9. The molecule has 8 nitrogen and oxygen atoms in total. The molecule has 42 heavy (non-hydrogen) atoms. The van der Waals surface area contributed by atoms with Gasteiger partial charge in [-0.05, 0) is 60.4 Å². The van der Waals surface area contributed by atoms with Gasteiger partial charge < -0.3 is 21.1 Å². The predicted molar refractivity (Wildman–Crippen MR) is 162 cm³/mol. The van der Waals surface area contributed by atoms with Gasteiger partial charge in [0.2, 0.25) is 11.8 Å². The summed E-state index contributed by atoms with van der Waals surface area (Å²) >= 11 is 0. The number of urea groups is 1. The van der Waals surface area contributed by atoms with Crippen molar-refractivity contribution in [3.63, 3.8) is 0 Å². The van der Waals surface area contributed by atoms with Gasteiger partial charge in [-0.3, -0.25) is 14.5 Å². The van der Waals surface area contributed by atoms with Crippen LogP contribution in [-0.4, -0.2) is 47.0 Å². The lowest BCUT2D eigenvalue weighted by Crippen LogP contribution is -2.49. The molecule has 5 rings (SSSR count). The fourth-order valence-electron chi connectivity index (χ4n) is 6.42. The molecule has 0 spiro atoms. The van der Waals surface area contributed by atoms with Gasteiger partial charge >= 0.3 is 6.03 Å². The summed E-state index contributed by atoms with van der Waals surface area (Å²) in [5.74, 6) is -0.595. The van der Waals surface area contributed by atoms with Crippen LogP contribution in [0.15, 0.2) is 84.9 Å². The highest BCUT2D eigenvalue weighted by atomic mass is 16.3. The average molecular weight is 569 g/mol. The number of primary amides is 1. The van der Waals surface area contributed by atoms with E-state index in [1.54, 1.807) is 9.80 Å². The Balaban J connectivity index is 1.32. The van der Waals surface area contributed by atoms with E-state index in [1.807, 2.05) is 72.8 Å². The predicted octanol–water partition coefficient (Wildman–Crippen LogP) is 4.89. The number of nitrogens with one attached hydrogen (secondary N) is 1. The Kier molecular flexibility index (Phi) is 9.54.